The van der Waals surface area contributed by atoms with Crippen LogP contribution in [0.2, 0.25) is 0 Å². The maximum Gasteiger partial charge on any atom is 0.144 e. The molecule has 0 aliphatic heterocycles. The second-order valence-electron chi connectivity index (χ2n) is 10.0. The average molecular weight is 403 g/mol. The van der Waals surface area contributed by atoms with Gasteiger partial charge in [-0.05, 0) is 29.4 Å². The van der Waals surface area contributed by atoms with E-state index in [1.165, 1.54) is 11.3 Å². The number of carbonyl (C=O) groups excluding carboxylic acids is 4. The van der Waals surface area contributed by atoms with Crippen LogP contribution in [-0.2, 0) is 25.6 Å². The molecule has 2 saturated carbocycles. The molecule has 3 rings (SSSR count). The number of carbonyl (C=O) groups is 4. The highest BCUT2D eigenvalue weighted by molar-refractivity contribution is 7.12. The van der Waals surface area contributed by atoms with Gasteiger partial charge in [0.1, 0.15) is 23.1 Å². The minimum absolute atomic E-state index is 0.122. The van der Waals surface area contributed by atoms with Crippen molar-refractivity contribution in [1.82, 2.24) is 0 Å². The first kappa shape index (κ1) is 21.1. The lowest BCUT2D eigenvalue weighted by molar-refractivity contribution is -0.145. The van der Waals surface area contributed by atoms with Gasteiger partial charge in [-0.15, -0.1) is 11.3 Å². The zero-order chi connectivity index (χ0) is 20.9. The Kier molecular flexibility index (Phi) is 5.52. The molecule has 1 aromatic heterocycles. The summed E-state index contributed by atoms with van der Waals surface area (Å²) in [5.74, 6) is -2.89. The van der Waals surface area contributed by atoms with Crippen molar-refractivity contribution in [1.29, 1.82) is 0 Å². The molecule has 0 unspecified atom stereocenters. The van der Waals surface area contributed by atoms with Gasteiger partial charge in [0.05, 0.1) is 11.8 Å². The Labute approximate surface area is 171 Å². The molecular formula is C23H30O4S. The van der Waals surface area contributed by atoms with E-state index in [4.69, 9.17) is 0 Å². The summed E-state index contributed by atoms with van der Waals surface area (Å²) < 4.78 is 0. The molecular weight excluding hydrogens is 372 g/mol. The Bertz CT molecular complexity index is 741. The third-order valence-corrected chi connectivity index (χ3v) is 7.41. The second-order valence-corrected chi connectivity index (χ2v) is 11.2. The second kappa shape index (κ2) is 7.33. The fourth-order valence-electron chi connectivity index (χ4n) is 4.90. The Morgan fingerprint density at radius 3 is 1.54 bits per heavy atom. The number of rotatable bonds is 4. The van der Waals surface area contributed by atoms with Crippen molar-refractivity contribution in [2.45, 2.75) is 72.6 Å². The van der Waals surface area contributed by atoms with Crippen LogP contribution < -0.4 is 0 Å². The lowest BCUT2D eigenvalue weighted by atomic mass is 9.60. The van der Waals surface area contributed by atoms with Gasteiger partial charge in [-0.3, -0.25) is 19.2 Å². The van der Waals surface area contributed by atoms with E-state index in [-0.39, 0.29) is 34.0 Å². The molecule has 152 valence electrons. The van der Waals surface area contributed by atoms with Gasteiger partial charge in [0.2, 0.25) is 0 Å². The number of aryl methyl sites for hydroxylation is 1. The topological polar surface area (TPSA) is 68.3 Å². The SMILES string of the molecule is CCc1ccc(C(C2C(=O)CC(C)(C)CC2=O)C2C(=O)CC(C)(C)CC2=O)s1. The molecule has 0 saturated heterocycles. The summed E-state index contributed by atoms with van der Waals surface area (Å²) in [5, 5.41) is 0. The van der Waals surface area contributed by atoms with E-state index >= 15 is 0 Å². The first-order chi connectivity index (χ1) is 12.9. The molecule has 0 N–H and O–H groups in total. The summed E-state index contributed by atoms with van der Waals surface area (Å²) in [5.41, 5.74) is -0.719. The molecule has 1 aromatic rings. The first-order valence-electron chi connectivity index (χ1n) is 10.1. The summed E-state index contributed by atoms with van der Waals surface area (Å²) in [6.07, 6.45) is 2.09. The minimum Gasteiger partial charge on any atom is -0.299 e. The third-order valence-electron chi connectivity index (χ3n) is 6.08. The summed E-state index contributed by atoms with van der Waals surface area (Å²) in [6, 6.07) is 3.89. The zero-order valence-electron chi connectivity index (χ0n) is 17.5. The van der Waals surface area contributed by atoms with Crippen molar-refractivity contribution in [2.75, 3.05) is 0 Å². The van der Waals surface area contributed by atoms with Crippen LogP contribution >= 0.6 is 11.3 Å². The minimum atomic E-state index is -0.879. The fourth-order valence-corrected chi connectivity index (χ4v) is 6.02. The van der Waals surface area contributed by atoms with E-state index in [9.17, 15) is 19.2 Å². The maximum atomic E-state index is 13.1. The molecule has 2 aliphatic rings. The van der Waals surface area contributed by atoms with Gasteiger partial charge < -0.3 is 0 Å². The van der Waals surface area contributed by atoms with E-state index < -0.39 is 17.8 Å². The van der Waals surface area contributed by atoms with Gasteiger partial charge in [-0.2, -0.15) is 0 Å². The largest absolute Gasteiger partial charge is 0.299 e. The predicted molar refractivity (Wildman–Crippen MR) is 109 cm³/mol. The maximum absolute atomic E-state index is 13.1. The zero-order valence-corrected chi connectivity index (χ0v) is 18.3. The molecule has 0 spiro atoms. The summed E-state index contributed by atoms with van der Waals surface area (Å²) >= 11 is 1.53. The molecule has 5 heteroatoms. The van der Waals surface area contributed by atoms with Crippen LogP contribution in [0.15, 0.2) is 12.1 Å². The van der Waals surface area contributed by atoms with Crippen molar-refractivity contribution < 1.29 is 19.2 Å². The molecule has 0 aromatic carbocycles. The lowest BCUT2D eigenvalue weighted by Gasteiger charge is -2.40. The Hall–Kier alpha value is -1.62. The van der Waals surface area contributed by atoms with Gasteiger partial charge >= 0.3 is 0 Å². The van der Waals surface area contributed by atoms with Crippen molar-refractivity contribution in [3.8, 4) is 0 Å². The van der Waals surface area contributed by atoms with Gasteiger partial charge in [0.25, 0.3) is 0 Å². The van der Waals surface area contributed by atoms with E-state index in [1.807, 2.05) is 46.8 Å². The van der Waals surface area contributed by atoms with Crippen LogP contribution in [0.25, 0.3) is 0 Å². The standard InChI is InChI=1S/C23H30O4S/c1-6-13-7-8-18(28-13)21(19-14(24)9-22(2,3)10-15(19)25)20-16(26)11-23(4,5)12-17(20)27/h7-8,19-21H,6,9-12H2,1-5H3. The molecule has 0 bridgehead atoms. The molecule has 0 amide bonds. The molecule has 0 atom stereocenters. The Balaban J connectivity index is 2.06. The molecule has 4 nitrogen and oxygen atoms in total. The third kappa shape index (κ3) is 4.05. The highest BCUT2D eigenvalue weighted by atomic mass is 32.1. The summed E-state index contributed by atoms with van der Waals surface area (Å²) in [6.45, 7) is 9.74. The highest BCUT2D eigenvalue weighted by Gasteiger charge is 2.52. The molecule has 2 aliphatic carbocycles. The van der Waals surface area contributed by atoms with E-state index in [0.717, 1.165) is 16.2 Å². The molecule has 2 fully saturated rings. The summed E-state index contributed by atoms with van der Waals surface area (Å²) in [4.78, 5) is 54.2. The van der Waals surface area contributed by atoms with Crippen LogP contribution in [-0.4, -0.2) is 23.1 Å². The van der Waals surface area contributed by atoms with E-state index in [0.29, 0.717) is 25.7 Å². The van der Waals surface area contributed by atoms with Gasteiger partial charge in [-0.25, -0.2) is 0 Å². The van der Waals surface area contributed by atoms with Crippen LogP contribution in [0.3, 0.4) is 0 Å². The highest BCUT2D eigenvalue weighted by Crippen LogP contribution is 2.48. The van der Waals surface area contributed by atoms with Gasteiger partial charge in [0, 0.05) is 41.4 Å². The summed E-state index contributed by atoms with van der Waals surface area (Å²) in [7, 11) is 0. The average Bonchev–Trinajstić information content (AvgIpc) is 2.98. The smallest absolute Gasteiger partial charge is 0.144 e. The first-order valence-corrected chi connectivity index (χ1v) is 11.0. The van der Waals surface area contributed by atoms with Gasteiger partial charge in [0.15, 0.2) is 0 Å². The van der Waals surface area contributed by atoms with Crippen LogP contribution in [0.5, 0.6) is 0 Å². The molecule has 1 heterocycles. The number of hydrogen-bond acceptors (Lipinski definition) is 5. The number of thiophene rings is 1. The van der Waals surface area contributed by atoms with Crippen molar-refractivity contribution in [3.05, 3.63) is 21.9 Å². The number of hydrogen-bond donors (Lipinski definition) is 0. The van der Waals surface area contributed by atoms with Crippen molar-refractivity contribution in [3.63, 3.8) is 0 Å². The Morgan fingerprint density at radius 1 is 0.821 bits per heavy atom. The fraction of sp³-hybridized carbons (Fsp3) is 0.652. The predicted octanol–water partition coefficient (Wildman–Crippen LogP) is 4.54. The normalized spacial score (nSPS) is 23.6. The van der Waals surface area contributed by atoms with Gasteiger partial charge in [-0.1, -0.05) is 34.6 Å². The number of Topliss-reactive ketones (excluding diaryl/α,β-unsaturated/α-hetero) is 4. The Morgan fingerprint density at radius 2 is 1.21 bits per heavy atom. The molecule has 28 heavy (non-hydrogen) atoms. The number of ketones is 4. The van der Waals surface area contributed by atoms with Crippen LogP contribution in [0.4, 0.5) is 0 Å². The van der Waals surface area contributed by atoms with Crippen molar-refractivity contribution in [2.24, 2.45) is 22.7 Å². The van der Waals surface area contributed by atoms with Crippen LogP contribution in [0.1, 0.15) is 76.0 Å². The monoisotopic (exact) mass is 402 g/mol. The van der Waals surface area contributed by atoms with E-state index in [2.05, 4.69) is 0 Å². The van der Waals surface area contributed by atoms with Crippen LogP contribution in [0, 0.1) is 22.7 Å². The quantitative estimate of drug-likeness (QED) is 0.693. The lowest BCUT2D eigenvalue weighted by Crippen LogP contribution is -2.48. The van der Waals surface area contributed by atoms with Crippen molar-refractivity contribution >= 4 is 34.5 Å². The van der Waals surface area contributed by atoms with E-state index in [1.54, 1.807) is 0 Å². The molecule has 0 radical (unpaired) electrons.